The van der Waals surface area contributed by atoms with Crippen molar-refractivity contribution in [1.29, 1.82) is 0 Å². The van der Waals surface area contributed by atoms with Gasteiger partial charge in [0, 0.05) is 12.3 Å². The maximum atomic E-state index is 13.7. The van der Waals surface area contributed by atoms with Crippen LogP contribution in [0.25, 0.3) is 0 Å². The molecule has 1 aromatic carbocycles. The van der Waals surface area contributed by atoms with Gasteiger partial charge in [0.05, 0.1) is 4.90 Å². The van der Waals surface area contributed by atoms with Crippen LogP contribution in [0.1, 0.15) is 25.7 Å². The van der Waals surface area contributed by atoms with Crippen molar-refractivity contribution < 1.29 is 21.2 Å². The third kappa shape index (κ3) is 3.36. The highest BCUT2D eigenvalue weighted by atomic mass is 32.2. The molecule has 1 aromatic rings. The lowest BCUT2D eigenvalue weighted by Gasteiger charge is -2.13. The predicted octanol–water partition coefficient (Wildman–Crippen LogP) is 1.45. The van der Waals surface area contributed by atoms with Crippen LogP contribution >= 0.6 is 0 Å². The van der Waals surface area contributed by atoms with Crippen LogP contribution in [0.3, 0.4) is 0 Å². The predicted molar refractivity (Wildman–Crippen MR) is 72.1 cm³/mol. The Morgan fingerprint density at radius 2 is 1.75 bits per heavy atom. The summed E-state index contributed by atoms with van der Waals surface area (Å²) in [5.41, 5.74) is 0. The lowest BCUT2D eigenvalue weighted by Crippen LogP contribution is -2.33. The van der Waals surface area contributed by atoms with E-state index < -0.39 is 30.6 Å². The molecule has 0 spiro atoms. The summed E-state index contributed by atoms with van der Waals surface area (Å²) in [6.45, 7) is 0. The summed E-state index contributed by atoms with van der Waals surface area (Å²) in [4.78, 5) is -0.835. The molecular weight excluding hydrogens is 305 g/mol. The van der Waals surface area contributed by atoms with E-state index in [9.17, 15) is 21.2 Å². The number of hydrogen-bond donors (Lipinski definition) is 1. The number of nitrogens with one attached hydrogen (secondary N) is 1. The van der Waals surface area contributed by atoms with Crippen molar-refractivity contribution >= 4 is 19.9 Å². The van der Waals surface area contributed by atoms with E-state index in [2.05, 4.69) is 4.72 Å². The summed E-state index contributed by atoms with van der Waals surface area (Å²) >= 11 is 0. The fourth-order valence-electron chi connectivity index (χ4n) is 2.25. The second kappa shape index (κ2) is 5.42. The van der Waals surface area contributed by atoms with Gasteiger partial charge in [-0.15, -0.1) is 0 Å². The number of rotatable bonds is 4. The molecule has 0 saturated heterocycles. The molecule has 0 bridgehead atoms. The molecule has 5 nitrogen and oxygen atoms in total. The van der Waals surface area contributed by atoms with E-state index in [1.54, 1.807) is 0 Å². The summed E-state index contributed by atoms with van der Waals surface area (Å²) in [6, 6.07) is 2.57. The molecule has 0 aromatic heterocycles. The van der Waals surface area contributed by atoms with Crippen molar-refractivity contribution in [2.75, 3.05) is 6.26 Å². The molecule has 0 aliphatic heterocycles. The van der Waals surface area contributed by atoms with E-state index in [4.69, 9.17) is 0 Å². The largest absolute Gasteiger partial charge is 0.243 e. The third-order valence-corrected chi connectivity index (χ3v) is 5.94. The summed E-state index contributed by atoms with van der Waals surface area (Å²) in [7, 11) is -7.64. The molecule has 20 heavy (non-hydrogen) atoms. The first-order valence-corrected chi connectivity index (χ1v) is 9.59. The molecule has 112 valence electrons. The van der Waals surface area contributed by atoms with Crippen LogP contribution in [0, 0.1) is 5.82 Å². The molecule has 0 amide bonds. The maximum Gasteiger partial charge on any atom is 0.243 e. The van der Waals surface area contributed by atoms with E-state index in [1.165, 1.54) is 0 Å². The average Bonchev–Trinajstić information content (AvgIpc) is 2.79. The van der Waals surface area contributed by atoms with Gasteiger partial charge in [-0.05, 0) is 31.0 Å². The second-order valence-corrected chi connectivity index (χ2v) is 8.67. The quantitative estimate of drug-likeness (QED) is 0.851. The van der Waals surface area contributed by atoms with E-state index in [0.29, 0.717) is 12.8 Å². The first-order chi connectivity index (χ1) is 9.20. The molecule has 0 unspecified atom stereocenters. The Bertz CT molecular complexity index is 707. The summed E-state index contributed by atoms with van der Waals surface area (Å²) in [6.07, 6.45) is 4.23. The normalized spacial score (nSPS) is 17.5. The van der Waals surface area contributed by atoms with Crippen LogP contribution in [0.2, 0.25) is 0 Å². The fourth-order valence-corrected chi connectivity index (χ4v) is 4.38. The molecule has 0 radical (unpaired) electrons. The van der Waals surface area contributed by atoms with Crippen molar-refractivity contribution in [2.45, 2.75) is 41.5 Å². The highest BCUT2D eigenvalue weighted by molar-refractivity contribution is 7.91. The van der Waals surface area contributed by atoms with Crippen LogP contribution in [0.5, 0.6) is 0 Å². The van der Waals surface area contributed by atoms with Gasteiger partial charge >= 0.3 is 0 Å². The molecule has 0 atom stereocenters. The van der Waals surface area contributed by atoms with E-state index in [1.807, 2.05) is 0 Å². The molecule has 8 heteroatoms. The molecule has 1 saturated carbocycles. The van der Waals surface area contributed by atoms with Gasteiger partial charge in [-0.3, -0.25) is 0 Å². The number of sulfonamides is 1. The van der Waals surface area contributed by atoms with Crippen LogP contribution in [0.4, 0.5) is 4.39 Å². The standard InChI is InChI=1S/C12H16FNO4S2/c1-19(15,16)10-6-7-11(13)12(8-10)20(17,18)14-9-4-2-3-5-9/h6-9,14H,2-5H2,1H3. The van der Waals surface area contributed by atoms with Gasteiger partial charge in [-0.2, -0.15) is 0 Å². The summed E-state index contributed by atoms with van der Waals surface area (Å²) < 4.78 is 63.3. The number of benzene rings is 1. The second-order valence-electron chi connectivity index (χ2n) is 4.97. The van der Waals surface area contributed by atoms with Crippen molar-refractivity contribution in [3.63, 3.8) is 0 Å². The van der Waals surface area contributed by atoms with Gasteiger partial charge < -0.3 is 0 Å². The minimum atomic E-state index is -4.05. The van der Waals surface area contributed by atoms with Crippen LogP contribution in [0.15, 0.2) is 28.0 Å². The number of sulfone groups is 1. The van der Waals surface area contributed by atoms with Gasteiger partial charge in [-0.1, -0.05) is 12.8 Å². The Hall–Kier alpha value is -0.990. The number of halogens is 1. The lowest BCUT2D eigenvalue weighted by molar-refractivity contribution is 0.535. The zero-order chi connectivity index (χ0) is 15.0. The van der Waals surface area contributed by atoms with E-state index >= 15 is 0 Å². The topological polar surface area (TPSA) is 80.3 Å². The van der Waals surface area contributed by atoms with Crippen molar-refractivity contribution in [1.82, 2.24) is 4.72 Å². The highest BCUT2D eigenvalue weighted by Crippen LogP contribution is 2.23. The van der Waals surface area contributed by atoms with E-state index in [-0.39, 0.29) is 10.9 Å². The minimum Gasteiger partial charge on any atom is -0.224 e. The molecule has 0 heterocycles. The Balaban J connectivity index is 2.40. The molecule has 2 rings (SSSR count). The first-order valence-electron chi connectivity index (χ1n) is 6.22. The van der Waals surface area contributed by atoms with Crippen molar-refractivity contribution in [3.8, 4) is 0 Å². The van der Waals surface area contributed by atoms with Crippen LogP contribution in [-0.2, 0) is 19.9 Å². The smallest absolute Gasteiger partial charge is 0.224 e. The van der Waals surface area contributed by atoms with Gasteiger partial charge in [0.15, 0.2) is 9.84 Å². The molecule has 1 aliphatic carbocycles. The molecule has 1 fully saturated rings. The van der Waals surface area contributed by atoms with E-state index in [0.717, 1.165) is 37.3 Å². The van der Waals surface area contributed by atoms with Gasteiger partial charge in [0.25, 0.3) is 0 Å². The van der Waals surface area contributed by atoms with Gasteiger partial charge in [0.2, 0.25) is 10.0 Å². The van der Waals surface area contributed by atoms with Crippen molar-refractivity contribution in [2.24, 2.45) is 0 Å². The molecule has 1 aliphatic rings. The first kappa shape index (κ1) is 15.4. The summed E-state index contributed by atoms with van der Waals surface area (Å²) in [5, 5.41) is 0. The third-order valence-electron chi connectivity index (χ3n) is 3.30. The molecule has 1 N–H and O–H groups in total. The minimum absolute atomic E-state index is 0.207. The Labute approximate surface area is 118 Å². The molecular formula is C12H16FNO4S2. The van der Waals surface area contributed by atoms with Crippen LogP contribution < -0.4 is 4.72 Å². The summed E-state index contributed by atoms with van der Waals surface area (Å²) in [5.74, 6) is -0.956. The Kier molecular flexibility index (Phi) is 4.17. The lowest BCUT2D eigenvalue weighted by atomic mass is 10.3. The SMILES string of the molecule is CS(=O)(=O)c1ccc(F)c(S(=O)(=O)NC2CCCC2)c1. The van der Waals surface area contributed by atoms with Gasteiger partial charge in [-0.25, -0.2) is 25.9 Å². The van der Waals surface area contributed by atoms with Gasteiger partial charge in [0.1, 0.15) is 10.7 Å². The average molecular weight is 321 g/mol. The van der Waals surface area contributed by atoms with Crippen molar-refractivity contribution in [3.05, 3.63) is 24.0 Å². The monoisotopic (exact) mass is 321 g/mol. The Morgan fingerprint density at radius 1 is 1.15 bits per heavy atom. The van der Waals surface area contributed by atoms with Crippen LogP contribution in [-0.4, -0.2) is 29.1 Å². The highest BCUT2D eigenvalue weighted by Gasteiger charge is 2.26. The fraction of sp³-hybridized carbons (Fsp3) is 0.500. The maximum absolute atomic E-state index is 13.7. The Morgan fingerprint density at radius 3 is 2.30 bits per heavy atom. The number of hydrogen-bond acceptors (Lipinski definition) is 4. The zero-order valence-corrected chi connectivity index (χ0v) is 12.6. The zero-order valence-electron chi connectivity index (χ0n) is 11.0.